The molecule has 0 aromatic rings. The summed E-state index contributed by atoms with van der Waals surface area (Å²) in [4.78, 5) is 25.1. The molecular formula is C21H28O5. The predicted octanol–water partition coefficient (Wildman–Crippen LogP) is 1.56. The SMILES string of the molecule is C[C@]12C=CC(=O)C=C1CC[C@@H]1[C@@H]2C(=O)C[C@@]2(C)[C@H]1CC[C@]2(O)[C@H](O)CO. The van der Waals surface area contributed by atoms with Crippen molar-refractivity contribution in [1.29, 1.82) is 0 Å². The summed E-state index contributed by atoms with van der Waals surface area (Å²) in [5.74, 6) is 0.164. The molecule has 0 amide bonds. The van der Waals surface area contributed by atoms with Gasteiger partial charge in [-0.3, -0.25) is 9.59 Å². The highest BCUT2D eigenvalue weighted by atomic mass is 16.4. The van der Waals surface area contributed by atoms with Gasteiger partial charge in [0.2, 0.25) is 0 Å². The smallest absolute Gasteiger partial charge is 0.178 e. The third kappa shape index (κ3) is 2.08. The Labute approximate surface area is 153 Å². The maximum atomic E-state index is 13.3. The van der Waals surface area contributed by atoms with E-state index in [9.17, 15) is 24.9 Å². The molecule has 3 N–H and O–H groups in total. The zero-order valence-corrected chi connectivity index (χ0v) is 15.4. The third-order valence-corrected chi connectivity index (χ3v) is 8.20. The Hall–Kier alpha value is -1.30. The molecule has 0 saturated heterocycles. The van der Waals surface area contributed by atoms with Crippen LogP contribution in [0.15, 0.2) is 23.8 Å². The van der Waals surface area contributed by atoms with E-state index in [4.69, 9.17) is 0 Å². The van der Waals surface area contributed by atoms with Gasteiger partial charge >= 0.3 is 0 Å². The summed E-state index contributed by atoms with van der Waals surface area (Å²) < 4.78 is 0. The van der Waals surface area contributed by atoms with Crippen molar-refractivity contribution in [3.63, 3.8) is 0 Å². The second kappa shape index (κ2) is 5.60. The van der Waals surface area contributed by atoms with Crippen LogP contribution in [0.5, 0.6) is 0 Å². The van der Waals surface area contributed by atoms with E-state index in [1.54, 1.807) is 12.2 Å². The number of Topliss-reactive ketones (excluding diaryl/α,β-unsaturated/α-hetero) is 1. The third-order valence-electron chi connectivity index (χ3n) is 8.20. The molecule has 0 bridgehead atoms. The van der Waals surface area contributed by atoms with E-state index < -0.39 is 29.1 Å². The lowest BCUT2D eigenvalue weighted by atomic mass is 9.46. The second-order valence-electron chi connectivity index (χ2n) is 9.20. The van der Waals surface area contributed by atoms with E-state index in [0.717, 1.165) is 24.8 Å². The first-order valence-corrected chi connectivity index (χ1v) is 9.65. The zero-order valence-electron chi connectivity index (χ0n) is 15.4. The molecule has 7 atom stereocenters. The minimum Gasteiger partial charge on any atom is -0.394 e. The molecule has 0 aromatic carbocycles. The fourth-order valence-corrected chi connectivity index (χ4v) is 6.76. The molecule has 142 valence electrons. The van der Waals surface area contributed by atoms with Crippen LogP contribution in [0, 0.1) is 28.6 Å². The minimum atomic E-state index is -1.43. The first-order chi connectivity index (χ1) is 12.2. The summed E-state index contributed by atoms with van der Waals surface area (Å²) in [5.41, 5.74) is -1.53. The average Bonchev–Trinajstić information content (AvgIpc) is 2.86. The molecule has 0 heterocycles. The van der Waals surface area contributed by atoms with Crippen molar-refractivity contribution in [2.75, 3.05) is 6.61 Å². The van der Waals surface area contributed by atoms with Gasteiger partial charge in [0.25, 0.3) is 0 Å². The van der Waals surface area contributed by atoms with Crippen LogP contribution in [-0.2, 0) is 9.59 Å². The fraction of sp³-hybridized carbons (Fsp3) is 0.714. The molecule has 4 rings (SSSR count). The Balaban J connectivity index is 1.75. The van der Waals surface area contributed by atoms with Crippen LogP contribution in [0.4, 0.5) is 0 Å². The predicted molar refractivity (Wildman–Crippen MR) is 95.0 cm³/mol. The molecule has 0 spiro atoms. The van der Waals surface area contributed by atoms with Crippen molar-refractivity contribution in [1.82, 2.24) is 0 Å². The van der Waals surface area contributed by atoms with Gasteiger partial charge in [0.15, 0.2) is 5.78 Å². The number of aliphatic hydroxyl groups is 3. The number of allylic oxidation sites excluding steroid dienone is 4. The zero-order chi connectivity index (χ0) is 18.9. The van der Waals surface area contributed by atoms with Crippen LogP contribution < -0.4 is 0 Å². The molecule has 26 heavy (non-hydrogen) atoms. The molecule has 0 aromatic heterocycles. The van der Waals surface area contributed by atoms with Gasteiger partial charge in [-0.05, 0) is 49.7 Å². The molecule has 5 nitrogen and oxygen atoms in total. The van der Waals surface area contributed by atoms with Crippen LogP contribution in [0.25, 0.3) is 0 Å². The van der Waals surface area contributed by atoms with Gasteiger partial charge in [-0.15, -0.1) is 0 Å². The summed E-state index contributed by atoms with van der Waals surface area (Å²) >= 11 is 0. The van der Waals surface area contributed by atoms with Crippen LogP contribution in [0.1, 0.15) is 46.0 Å². The molecule has 3 fully saturated rings. The molecule has 4 aliphatic carbocycles. The summed E-state index contributed by atoms with van der Waals surface area (Å²) in [6.07, 6.45) is 6.91. The van der Waals surface area contributed by atoms with Gasteiger partial charge in [-0.1, -0.05) is 25.5 Å². The molecule has 0 aliphatic heterocycles. The number of carbonyl (C=O) groups is 2. The maximum Gasteiger partial charge on any atom is 0.178 e. The average molecular weight is 360 g/mol. The number of carbonyl (C=O) groups excluding carboxylic acids is 2. The fourth-order valence-electron chi connectivity index (χ4n) is 6.76. The Kier molecular flexibility index (Phi) is 3.89. The Morgan fingerprint density at radius 2 is 2.00 bits per heavy atom. The van der Waals surface area contributed by atoms with Crippen molar-refractivity contribution in [3.05, 3.63) is 23.8 Å². The molecule has 0 radical (unpaired) electrons. The summed E-state index contributed by atoms with van der Waals surface area (Å²) in [5, 5.41) is 31.0. The van der Waals surface area contributed by atoms with Crippen molar-refractivity contribution in [2.24, 2.45) is 28.6 Å². The highest BCUT2D eigenvalue weighted by Gasteiger charge is 2.67. The van der Waals surface area contributed by atoms with Crippen LogP contribution in [0.2, 0.25) is 0 Å². The van der Waals surface area contributed by atoms with Crippen LogP contribution in [-0.4, -0.2) is 45.2 Å². The quantitative estimate of drug-likeness (QED) is 0.695. The number of rotatable bonds is 2. The van der Waals surface area contributed by atoms with E-state index in [-0.39, 0.29) is 35.7 Å². The second-order valence-corrected chi connectivity index (χ2v) is 9.20. The lowest BCUT2D eigenvalue weighted by Crippen LogP contribution is -2.61. The van der Waals surface area contributed by atoms with E-state index in [1.165, 1.54) is 0 Å². The van der Waals surface area contributed by atoms with Crippen molar-refractivity contribution < 1.29 is 24.9 Å². The number of aliphatic hydroxyl groups excluding tert-OH is 2. The Morgan fingerprint density at radius 1 is 1.27 bits per heavy atom. The number of hydrogen-bond acceptors (Lipinski definition) is 5. The number of hydrogen-bond donors (Lipinski definition) is 3. The normalized spacial score (nSPS) is 48.5. The molecule has 5 heteroatoms. The van der Waals surface area contributed by atoms with E-state index in [2.05, 4.69) is 6.92 Å². The van der Waals surface area contributed by atoms with Crippen molar-refractivity contribution in [2.45, 2.75) is 57.7 Å². The minimum absolute atomic E-state index is 0.00895. The summed E-state index contributed by atoms with van der Waals surface area (Å²) in [6, 6.07) is 0. The van der Waals surface area contributed by atoms with E-state index >= 15 is 0 Å². The van der Waals surface area contributed by atoms with Gasteiger partial charge in [0, 0.05) is 23.2 Å². The van der Waals surface area contributed by atoms with Crippen LogP contribution in [0.3, 0.4) is 0 Å². The topological polar surface area (TPSA) is 94.8 Å². The Morgan fingerprint density at radius 3 is 2.69 bits per heavy atom. The maximum absolute atomic E-state index is 13.3. The summed E-state index contributed by atoms with van der Waals surface area (Å²) in [6.45, 7) is 3.46. The van der Waals surface area contributed by atoms with E-state index in [1.807, 2.05) is 13.0 Å². The largest absolute Gasteiger partial charge is 0.394 e. The van der Waals surface area contributed by atoms with Gasteiger partial charge in [-0.2, -0.15) is 0 Å². The Bertz CT molecular complexity index is 724. The standard InChI is InChI=1S/C21H28O5/c1-19-7-5-13(23)9-12(19)3-4-14-15-6-8-21(26,17(25)11-22)20(15,2)10-16(24)18(14)19/h5,7,9,14-15,17-18,22,25-26H,3-4,6,8,10-11H2,1-2H3/t14-,15-,17+,18+,19-,20-,21-/m0/s1. The first kappa shape index (κ1) is 18.1. The lowest BCUT2D eigenvalue weighted by Gasteiger charge is -2.57. The van der Waals surface area contributed by atoms with Gasteiger partial charge in [0.05, 0.1) is 12.2 Å². The summed E-state index contributed by atoms with van der Waals surface area (Å²) in [7, 11) is 0. The lowest BCUT2D eigenvalue weighted by molar-refractivity contribution is -0.186. The molecule has 4 aliphatic rings. The molecule has 0 unspecified atom stereocenters. The molecular weight excluding hydrogens is 332 g/mol. The highest BCUT2D eigenvalue weighted by molar-refractivity contribution is 6.01. The van der Waals surface area contributed by atoms with Crippen molar-refractivity contribution >= 4 is 11.6 Å². The van der Waals surface area contributed by atoms with Crippen LogP contribution >= 0.6 is 0 Å². The highest BCUT2D eigenvalue weighted by Crippen LogP contribution is 2.66. The van der Waals surface area contributed by atoms with Gasteiger partial charge < -0.3 is 15.3 Å². The molecule has 3 saturated carbocycles. The van der Waals surface area contributed by atoms with Crippen molar-refractivity contribution in [3.8, 4) is 0 Å². The van der Waals surface area contributed by atoms with E-state index in [0.29, 0.717) is 6.42 Å². The van der Waals surface area contributed by atoms with Gasteiger partial charge in [0.1, 0.15) is 11.9 Å². The van der Waals surface area contributed by atoms with Gasteiger partial charge in [-0.25, -0.2) is 0 Å². The first-order valence-electron chi connectivity index (χ1n) is 9.65. The monoisotopic (exact) mass is 360 g/mol. The number of fused-ring (bicyclic) bond motifs is 5. The number of ketones is 2.